The van der Waals surface area contributed by atoms with Crippen LogP contribution < -0.4 is 9.47 Å². The van der Waals surface area contributed by atoms with Crippen LogP contribution in [0.2, 0.25) is 0 Å². The van der Waals surface area contributed by atoms with Gasteiger partial charge in [0.25, 0.3) is 0 Å². The standard InChI is InChI=1S/C17H12N4O2S/c1-2-15(24-7-1)12-4-6-16-18-19-17(21(16)20-12)9-11-3-5-13-14(8-11)23-10-22-13/h1-8H,9-10H2. The van der Waals surface area contributed by atoms with Crippen molar-refractivity contribution >= 4 is 17.0 Å². The predicted octanol–water partition coefficient (Wildman–Crippen LogP) is 3.17. The third-order valence-corrected chi connectivity index (χ3v) is 4.79. The number of rotatable bonds is 3. The highest BCUT2D eigenvalue weighted by atomic mass is 32.1. The van der Waals surface area contributed by atoms with E-state index in [0.717, 1.165) is 39.1 Å². The first-order chi connectivity index (χ1) is 11.9. The number of thiophene rings is 1. The van der Waals surface area contributed by atoms with Crippen molar-refractivity contribution in [1.82, 2.24) is 19.8 Å². The first-order valence-corrected chi connectivity index (χ1v) is 8.38. The quantitative estimate of drug-likeness (QED) is 0.575. The predicted molar refractivity (Wildman–Crippen MR) is 89.5 cm³/mol. The number of nitrogens with zero attached hydrogens (tertiary/aromatic N) is 4. The molecule has 0 bridgehead atoms. The van der Waals surface area contributed by atoms with Crippen molar-refractivity contribution in [3.8, 4) is 22.1 Å². The Kier molecular flexibility index (Phi) is 2.99. The van der Waals surface area contributed by atoms with Crippen molar-refractivity contribution in [2.24, 2.45) is 0 Å². The van der Waals surface area contributed by atoms with Crippen molar-refractivity contribution in [2.45, 2.75) is 6.42 Å². The highest BCUT2D eigenvalue weighted by Gasteiger charge is 2.15. The van der Waals surface area contributed by atoms with E-state index in [4.69, 9.17) is 14.6 Å². The van der Waals surface area contributed by atoms with Crippen LogP contribution in [0.4, 0.5) is 0 Å². The third kappa shape index (κ3) is 2.21. The van der Waals surface area contributed by atoms with Crippen molar-refractivity contribution in [3.63, 3.8) is 0 Å². The van der Waals surface area contributed by atoms with Gasteiger partial charge >= 0.3 is 0 Å². The summed E-state index contributed by atoms with van der Waals surface area (Å²) in [5, 5.41) is 15.2. The van der Waals surface area contributed by atoms with Gasteiger partial charge in [0.2, 0.25) is 6.79 Å². The topological polar surface area (TPSA) is 61.5 Å². The van der Waals surface area contributed by atoms with Gasteiger partial charge in [0.15, 0.2) is 23.0 Å². The second-order valence-electron chi connectivity index (χ2n) is 5.45. The molecule has 24 heavy (non-hydrogen) atoms. The fourth-order valence-corrected chi connectivity index (χ4v) is 3.42. The van der Waals surface area contributed by atoms with Gasteiger partial charge in [-0.05, 0) is 41.3 Å². The first-order valence-electron chi connectivity index (χ1n) is 7.50. The van der Waals surface area contributed by atoms with Crippen molar-refractivity contribution < 1.29 is 9.47 Å². The highest BCUT2D eigenvalue weighted by molar-refractivity contribution is 7.13. The molecule has 1 aromatic carbocycles. The van der Waals surface area contributed by atoms with E-state index in [2.05, 4.69) is 16.3 Å². The lowest BCUT2D eigenvalue weighted by atomic mass is 10.1. The van der Waals surface area contributed by atoms with Crippen LogP contribution in [0.1, 0.15) is 11.4 Å². The largest absolute Gasteiger partial charge is 0.454 e. The molecule has 0 N–H and O–H groups in total. The van der Waals surface area contributed by atoms with Crippen LogP contribution in [0.3, 0.4) is 0 Å². The van der Waals surface area contributed by atoms with Gasteiger partial charge in [-0.3, -0.25) is 0 Å². The van der Waals surface area contributed by atoms with Gasteiger partial charge in [0.05, 0.1) is 4.88 Å². The summed E-state index contributed by atoms with van der Waals surface area (Å²) in [6.45, 7) is 0.276. The smallest absolute Gasteiger partial charge is 0.231 e. The molecule has 5 rings (SSSR count). The zero-order valence-electron chi connectivity index (χ0n) is 12.5. The Labute approximate surface area is 141 Å². The van der Waals surface area contributed by atoms with Crippen molar-refractivity contribution in [3.05, 3.63) is 59.2 Å². The molecular weight excluding hydrogens is 324 g/mol. The van der Waals surface area contributed by atoms with Gasteiger partial charge in [0.1, 0.15) is 5.69 Å². The summed E-state index contributed by atoms with van der Waals surface area (Å²) in [6.07, 6.45) is 0.624. The SMILES string of the molecule is c1csc(-c2ccc3nnc(Cc4ccc5c(c4)OCO5)n3n2)c1. The fourth-order valence-electron chi connectivity index (χ4n) is 2.73. The molecule has 118 valence electrons. The van der Waals surface area contributed by atoms with Crippen LogP contribution in [-0.4, -0.2) is 26.6 Å². The van der Waals surface area contributed by atoms with E-state index in [9.17, 15) is 0 Å². The van der Waals surface area contributed by atoms with Crippen LogP contribution >= 0.6 is 11.3 Å². The van der Waals surface area contributed by atoms with Crippen LogP contribution in [0.5, 0.6) is 11.5 Å². The lowest BCUT2D eigenvalue weighted by molar-refractivity contribution is 0.174. The molecule has 1 aliphatic heterocycles. The molecule has 3 aromatic heterocycles. The molecule has 0 amide bonds. The molecule has 0 fully saturated rings. The van der Waals surface area contributed by atoms with Gasteiger partial charge in [-0.25, -0.2) is 0 Å². The number of aromatic nitrogens is 4. The molecule has 0 unspecified atom stereocenters. The average molecular weight is 336 g/mol. The molecular formula is C17H12N4O2S. The Bertz CT molecular complexity index is 1030. The van der Waals surface area contributed by atoms with Crippen molar-refractivity contribution in [2.75, 3.05) is 6.79 Å². The molecule has 0 atom stereocenters. The first kappa shape index (κ1) is 13.5. The minimum absolute atomic E-state index is 0.276. The van der Waals surface area contributed by atoms with Crippen molar-refractivity contribution in [1.29, 1.82) is 0 Å². The van der Waals surface area contributed by atoms with Gasteiger partial charge in [-0.2, -0.15) is 9.61 Å². The van der Waals surface area contributed by atoms with E-state index in [1.54, 1.807) is 15.9 Å². The number of fused-ring (bicyclic) bond motifs is 2. The second kappa shape index (κ2) is 5.31. The lowest BCUT2D eigenvalue weighted by Crippen LogP contribution is -2.01. The molecule has 6 nitrogen and oxygen atoms in total. The number of hydrogen-bond donors (Lipinski definition) is 0. The normalized spacial score (nSPS) is 12.8. The summed E-state index contributed by atoms with van der Waals surface area (Å²) >= 11 is 1.66. The Morgan fingerprint density at radius 2 is 2.00 bits per heavy atom. The Morgan fingerprint density at radius 3 is 2.92 bits per heavy atom. The lowest BCUT2D eigenvalue weighted by Gasteiger charge is -2.03. The number of benzene rings is 1. The van der Waals surface area contributed by atoms with Crippen LogP contribution in [0, 0.1) is 0 Å². The summed E-state index contributed by atoms with van der Waals surface area (Å²) in [6, 6.07) is 13.9. The summed E-state index contributed by atoms with van der Waals surface area (Å²) < 4.78 is 12.6. The van der Waals surface area contributed by atoms with Gasteiger partial charge in [0, 0.05) is 6.42 Å². The molecule has 0 aliphatic carbocycles. The molecule has 0 spiro atoms. The number of ether oxygens (including phenoxy) is 2. The van der Waals surface area contributed by atoms with Crippen LogP contribution in [0.25, 0.3) is 16.2 Å². The minimum Gasteiger partial charge on any atom is -0.454 e. The zero-order valence-corrected chi connectivity index (χ0v) is 13.4. The minimum atomic E-state index is 0.276. The summed E-state index contributed by atoms with van der Waals surface area (Å²) in [5.74, 6) is 2.35. The van der Waals surface area contributed by atoms with E-state index in [1.807, 2.05) is 41.8 Å². The number of hydrogen-bond acceptors (Lipinski definition) is 6. The molecule has 0 saturated heterocycles. The van der Waals surface area contributed by atoms with Gasteiger partial charge < -0.3 is 9.47 Å². The van der Waals surface area contributed by atoms with E-state index < -0.39 is 0 Å². The summed E-state index contributed by atoms with van der Waals surface area (Å²) in [7, 11) is 0. The maximum absolute atomic E-state index is 5.43. The maximum Gasteiger partial charge on any atom is 0.231 e. The zero-order chi connectivity index (χ0) is 15.9. The van der Waals surface area contributed by atoms with Gasteiger partial charge in [-0.1, -0.05) is 12.1 Å². The van der Waals surface area contributed by atoms with Crippen LogP contribution in [-0.2, 0) is 6.42 Å². The molecule has 4 heterocycles. The Hall–Kier alpha value is -2.93. The summed E-state index contributed by atoms with van der Waals surface area (Å²) in [5.41, 5.74) is 2.74. The molecule has 0 saturated carbocycles. The monoisotopic (exact) mass is 336 g/mol. The van der Waals surface area contributed by atoms with E-state index in [1.165, 1.54) is 0 Å². The molecule has 1 aliphatic rings. The van der Waals surface area contributed by atoms with Crippen LogP contribution in [0.15, 0.2) is 47.8 Å². The molecule has 7 heteroatoms. The van der Waals surface area contributed by atoms with E-state index in [0.29, 0.717) is 6.42 Å². The van der Waals surface area contributed by atoms with E-state index >= 15 is 0 Å². The highest BCUT2D eigenvalue weighted by Crippen LogP contribution is 2.33. The third-order valence-electron chi connectivity index (χ3n) is 3.90. The second-order valence-corrected chi connectivity index (χ2v) is 6.39. The average Bonchev–Trinajstić information content (AvgIpc) is 3.35. The Morgan fingerprint density at radius 1 is 1.04 bits per heavy atom. The van der Waals surface area contributed by atoms with E-state index in [-0.39, 0.29) is 6.79 Å². The van der Waals surface area contributed by atoms with Gasteiger partial charge in [-0.15, -0.1) is 21.5 Å². The molecule has 4 aromatic rings. The molecule has 0 radical (unpaired) electrons. The fraction of sp³-hybridized carbons (Fsp3) is 0.118. The Balaban J connectivity index is 1.53. The summed E-state index contributed by atoms with van der Waals surface area (Å²) in [4.78, 5) is 1.12. The maximum atomic E-state index is 5.43.